The quantitative estimate of drug-likeness (QED) is 0.168. The third kappa shape index (κ3) is 8.92. The van der Waals surface area contributed by atoms with Gasteiger partial charge in [0.05, 0.1) is 24.8 Å². The third-order valence-electron chi connectivity index (χ3n) is 8.08. The lowest BCUT2D eigenvalue weighted by Gasteiger charge is -2.34. The molecule has 11 heteroatoms. The number of ether oxygens (including phenoxy) is 2. The van der Waals surface area contributed by atoms with Gasteiger partial charge in [-0.1, -0.05) is 67.1 Å². The summed E-state index contributed by atoms with van der Waals surface area (Å²) < 4.78 is 54.3. The van der Waals surface area contributed by atoms with Crippen LogP contribution in [-0.4, -0.2) is 58.0 Å². The van der Waals surface area contributed by atoms with E-state index in [1.165, 1.54) is 49.5 Å². The van der Waals surface area contributed by atoms with Gasteiger partial charge in [0.25, 0.3) is 10.0 Å². The van der Waals surface area contributed by atoms with Crippen molar-refractivity contribution in [2.45, 2.75) is 57.1 Å². The van der Waals surface area contributed by atoms with Crippen LogP contribution >= 0.6 is 0 Å². The number of nitrogens with zero attached hydrogens (tertiary/aromatic N) is 2. The highest BCUT2D eigenvalue weighted by molar-refractivity contribution is 7.92. The van der Waals surface area contributed by atoms with Crippen LogP contribution < -0.4 is 19.1 Å². The number of hydrogen-bond acceptors (Lipinski definition) is 6. The molecule has 2 atom stereocenters. The average molecular weight is 676 g/mol. The zero-order chi connectivity index (χ0) is 34.8. The minimum atomic E-state index is -4.36. The molecule has 4 aromatic carbocycles. The maximum Gasteiger partial charge on any atom is 0.264 e. The number of hydrogen-bond donors (Lipinski definition) is 1. The van der Waals surface area contributed by atoms with Gasteiger partial charge in [0.2, 0.25) is 11.8 Å². The molecule has 9 nitrogen and oxygen atoms in total. The number of carbonyl (C=O) groups excluding carboxylic acids is 2. The number of benzene rings is 4. The molecule has 48 heavy (non-hydrogen) atoms. The zero-order valence-corrected chi connectivity index (χ0v) is 28.7. The first-order valence-electron chi connectivity index (χ1n) is 15.7. The summed E-state index contributed by atoms with van der Waals surface area (Å²) in [6, 6.07) is 24.7. The van der Waals surface area contributed by atoms with E-state index in [2.05, 4.69) is 5.32 Å². The lowest BCUT2D eigenvalue weighted by Crippen LogP contribution is -2.54. The second-order valence-corrected chi connectivity index (χ2v) is 13.4. The number of carbonyl (C=O) groups is 2. The first kappa shape index (κ1) is 35.9. The third-order valence-corrected chi connectivity index (χ3v) is 9.85. The predicted octanol–water partition coefficient (Wildman–Crippen LogP) is 5.90. The number of methoxy groups -OCH3 is 2. The van der Waals surface area contributed by atoms with Crippen LogP contribution in [0.25, 0.3) is 0 Å². The van der Waals surface area contributed by atoms with E-state index in [4.69, 9.17) is 9.47 Å². The Morgan fingerprint density at radius 2 is 1.50 bits per heavy atom. The summed E-state index contributed by atoms with van der Waals surface area (Å²) in [5.74, 6) is -0.900. The van der Waals surface area contributed by atoms with Crippen molar-refractivity contribution in [1.29, 1.82) is 0 Å². The number of rotatable bonds is 15. The van der Waals surface area contributed by atoms with E-state index in [0.29, 0.717) is 17.7 Å². The molecule has 0 unspecified atom stereocenters. The van der Waals surface area contributed by atoms with Gasteiger partial charge in [-0.2, -0.15) is 0 Å². The van der Waals surface area contributed by atoms with Crippen molar-refractivity contribution in [3.05, 3.63) is 120 Å². The van der Waals surface area contributed by atoms with E-state index in [9.17, 15) is 22.4 Å². The van der Waals surface area contributed by atoms with Crippen molar-refractivity contribution < 1.29 is 31.9 Å². The molecule has 4 rings (SSSR count). The van der Waals surface area contributed by atoms with Gasteiger partial charge in [-0.05, 0) is 67.8 Å². The van der Waals surface area contributed by atoms with Crippen LogP contribution in [0.4, 0.5) is 10.1 Å². The topological polar surface area (TPSA) is 105 Å². The fourth-order valence-electron chi connectivity index (χ4n) is 5.13. The molecule has 0 saturated heterocycles. The Morgan fingerprint density at radius 1 is 0.854 bits per heavy atom. The zero-order valence-electron chi connectivity index (χ0n) is 27.9. The van der Waals surface area contributed by atoms with Gasteiger partial charge in [0, 0.05) is 25.1 Å². The molecule has 0 aliphatic carbocycles. The Hall–Kier alpha value is -4.90. The molecule has 0 radical (unpaired) electrons. The fraction of sp³-hybridized carbons (Fsp3) is 0.297. The Morgan fingerprint density at radius 3 is 2.10 bits per heavy atom. The smallest absolute Gasteiger partial charge is 0.264 e. The second kappa shape index (κ2) is 16.3. The largest absolute Gasteiger partial charge is 0.493 e. The molecular formula is C37H42FN3O6S. The van der Waals surface area contributed by atoms with Crippen molar-refractivity contribution in [3.63, 3.8) is 0 Å². The van der Waals surface area contributed by atoms with Crippen LogP contribution in [0, 0.1) is 12.7 Å². The van der Waals surface area contributed by atoms with Crippen molar-refractivity contribution >= 4 is 27.5 Å². The molecule has 4 aromatic rings. The van der Waals surface area contributed by atoms with Crippen molar-refractivity contribution in [2.75, 3.05) is 25.1 Å². The summed E-state index contributed by atoms with van der Waals surface area (Å²) in [5, 5.41) is 3.00. The SMILES string of the molecule is CC[C@@H](C)NC(=O)[C@@H](Cc1ccccc1)N(Cc1ccc(F)cc1)C(=O)CN(c1ccc(C)cc1)S(=O)(=O)c1ccc(OC)c(OC)c1. The average Bonchev–Trinajstić information content (AvgIpc) is 3.09. The minimum absolute atomic E-state index is 0.0668. The van der Waals surface area contributed by atoms with Gasteiger partial charge in [0.15, 0.2) is 11.5 Å². The molecule has 2 amide bonds. The summed E-state index contributed by atoms with van der Waals surface area (Å²) in [5.41, 5.74) is 2.54. The van der Waals surface area contributed by atoms with Crippen molar-refractivity contribution in [1.82, 2.24) is 10.2 Å². The Bertz CT molecular complexity index is 1780. The van der Waals surface area contributed by atoms with Crippen LogP contribution in [0.2, 0.25) is 0 Å². The van der Waals surface area contributed by atoms with E-state index in [1.807, 2.05) is 51.1 Å². The number of nitrogens with one attached hydrogen (secondary N) is 1. The monoisotopic (exact) mass is 675 g/mol. The van der Waals surface area contributed by atoms with E-state index >= 15 is 0 Å². The maximum atomic E-state index is 14.6. The van der Waals surface area contributed by atoms with Gasteiger partial charge in [-0.15, -0.1) is 0 Å². The summed E-state index contributed by atoms with van der Waals surface area (Å²) >= 11 is 0. The minimum Gasteiger partial charge on any atom is -0.493 e. The van der Waals surface area contributed by atoms with Crippen LogP contribution in [0.1, 0.15) is 37.0 Å². The summed E-state index contributed by atoms with van der Waals surface area (Å²) in [6.07, 6.45) is 0.837. The Balaban J connectivity index is 1.82. The molecule has 0 aromatic heterocycles. The van der Waals surface area contributed by atoms with E-state index in [1.54, 1.807) is 36.4 Å². The molecule has 0 aliphatic rings. The first-order valence-corrected chi connectivity index (χ1v) is 17.1. The van der Waals surface area contributed by atoms with E-state index in [0.717, 1.165) is 15.4 Å². The highest BCUT2D eigenvalue weighted by Crippen LogP contribution is 2.32. The summed E-state index contributed by atoms with van der Waals surface area (Å²) in [7, 11) is -1.51. The molecule has 0 heterocycles. The van der Waals surface area contributed by atoms with E-state index < -0.39 is 34.3 Å². The number of anilines is 1. The first-order chi connectivity index (χ1) is 23.0. The highest BCUT2D eigenvalue weighted by Gasteiger charge is 2.35. The summed E-state index contributed by atoms with van der Waals surface area (Å²) in [6.45, 7) is 5.00. The standard InChI is InChI=1S/C37H42FN3O6S/c1-6-27(3)39-37(43)33(22-28-10-8-7-9-11-28)40(24-29-14-16-30(38)17-15-29)36(42)25-41(31-18-12-26(2)13-19-31)48(44,45)32-20-21-34(46-4)35(23-32)47-5/h7-21,23,27,33H,6,22,24-25H2,1-5H3,(H,39,43)/t27-,33-/m1/s1. The Kier molecular flexibility index (Phi) is 12.2. The van der Waals surface area contributed by atoms with Crippen LogP contribution in [0.5, 0.6) is 11.5 Å². The number of aryl methyl sites for hydroxylation is 1. The van der Waals surface area contributed by atoms with Crippen molar-refractivity contribution in [3.8, 4) is 11.5 Å². The number of sulfonamides is 1. The number of amides is 2. The molecule has 0 spiro atoms. The molecule has 0 saturated carbocycles. The van der Waals surface area contributed by atoms with Gasteiger partial charge in [0.1, 0.15) is 18.4 Å². The van der Waals surface area contributed by atoms with Crippen LogP contribution in [0.3, 0.4) is 0 Å². The molecule has 1 N–H and O–H groups in total. The molecule has 0 bridgehead atoms. The molecule has 254 valence electrons. The van der Waals surface area contributed by atoms with Gasteiger partial charge < -0.3 is 19.7 Å². The fourth-order valence-corrected chi connectivity index (χ4v) is 6.56. The maximum absolute atomic E-state index is 14.6. The van der Waals surface area contributed by atoms with E-state index in [-0.39, 0.29) is 41.2 Å². The van der Waals surface area contributed by atoms with Crippen LogP contribution in [-0.2, 0) is 32.6 Å². The Labute approximate surface area is 282 Å². The predicted molar refractivity (Wildman–Crippen MR) is 184 cm³/mol. The second-order valence-electron chi connectivity index (χ2n) is 11.5. The molecular weight excluding hydrogens is 633 g/mol. The van der Waals surface area contributed by atoms with Crippen LogP contribution in [0.15, 0.2) is 102 Å². The van der Waals surface area contributed by atoms with Gasteiger partial charge in [-0.3, -0.25) is 13.9 Å². The van der Waals surface area contributed by atoms with Gasteiger partial charge in [-0.25, -0.2) is 12.8 Å². The highest BCUT2D eigenvalue weighted by atomic mass is 32.2. The lowest BCUT2D eigenvalue weighted by atomic mass is 10.0. The van der Waals surface area contributed by atoms with Gasteiger partial charge >= 0.3 is 0 Å². The molecule has 0 fully saturated rings. The normalized spacial score (nSPS) is 12.5. The van der Waals surface area contributed by atoms with Crippen molar-refractivity contribution in [2.24, 2.45) is 0 Å². The number of halogens is 1. The molecule has 0 aliphatic heterocycles. The lowest BCUT2D eigenvalue weighted by molar-refractivity contribution is -0.140. The summed E-state index contributed by atoms with van der Waals surface area (Å²) in [4.78, 5) is 29.8.